The van der Waals surface area contributed by atoms with Gasteiger partial charge in [-0.2, -0.15) is 5.26 Å². The van der Waals surface area contributed by atoms with Gasteiger partial charge in [-0.3, -0.25) is 14.5 Å². The number of ether oxygens (including phenoxy) is 2. The molecule has 0 spiro atoms. The minimum absolute atomic E-state index is 0.00602. The largest absolute Gasteiger partial charge is 0.496 e. The normalized spacial score (nSPS) is 17.4. The van der Waals surface area contributed by atoms with Gasteiger partial charge in [0.25, 0.3) is 11.5 Å². The van der Waals surface area contributed by atoms with E-state index in [9.17, 15) is 14.9 Å². The summed E-state index contributed by atoms with van der Waals surface area (Å²) < 4.78 is 13.4. The lowest BCUT2D eigenvalue weighted by atomic mass is 9.93. The average Bonchev–Trinajstić information content (AvgIpc) is 3.58. The summed E-state index contributed by atoms with van der Waals surface area (Å²) in [4.78, 5) is 32.6. The van der Waals surface area contributed by atoms with Crippen molar-refractivity contribution < 1.29 is 14.3 Å². The van der Waals surface area contributed by atoms with Crippen LogP contribution in [0.3, 0.4) is 0 Å². The molecule has 1 amide bonds. The number of anilines is 1. The topological polar surface area (TPSA) is 91.0 Å². The number of likely N-dealkylation sites (tertiary alicyclic amines) is 1. The lowest BCUT2D eigenvalue weighted by Crippen LogP contribution is -2.46. The molecule has 1 unspecified atom stereocenters. The number of methoxy groups -OCH3 is 2. The second-order valence-corrected chi connectivity index (χ2v) is 14.1. The van der Waals surface area contributed by atoms with Crippen molar-refractivity contribution in [3.63, 3.8) is 0 Å². The van der Waals surface area contributed by atoms with Gasteiger partial charge in [-0.15, -0.1) is 0 Å². The average molecular weight is 652 g/mol. The van der Waals surface area contributed by atoms with E-state index in [4.69, 9.17) is 9.47 Å². The highest BCUT2D eigenvalue weighted by molar-refractivity contribution is 5.97. The molecule has 2 aliphatic heterocycles. The predicted molar refractivity (Wildman–Crippen MR) is 190 cm³/mol. The van der Waals surface area contributed by atoms with E-state index in [-0.39, 0.29) is 28.5 Å². The van der Waals surface area contributed by atoms with Gasteiger partial charge < -0.3 is 23.8 Å². The van der Waals surface area contributed by atoms with Gasteiger partial charge in [-0.25, -0.2) is 0 Å². The second-order valence-electron chi connectivity index (χ2n) is 14.1. The maximum atomic E-state index is 13.4. The summed E-state index contributed by atoms with van der Waals surface area (Å²) in [6.45, 7) is 14.7. The predicted octanol–water partition coefficient (Wildman–Crippen LogP) is 6.17. The number of aryl methyl sites for hydroxylation is 1. The maximum absolute atomic E-state index is 13.4. The minimum Gasteiger partial charge on any atom is -0.496 e. The molecule has 0 saturated carbocycles. The molecule has 3 heterocycles. The third kappa shape index (κ3) is 7.29. The van der Waals surface area contributed by atoms with Crippen LogP contribution < -0.4 is 19.9 Å². The monoisotopic (exact) mass is 651 g/mol. The van der Waals surface area contributed by atoms with Crippen LogP contribution in [-0.2, 0) is 18.4 Å². The first kappa shape index (κ1) is 34.8. The molecule has 254 valence electrons. The van der Waals surface area contributed by atoms with Crippen LogP contribution in [0.25, 0.3) is 11.1 Å². The van der Waals surface area contributed by atoms with Crippen LogP contribution in [0, 0.1) is 30.6 Å². The van der Waals surface area contributed by atoms with Gasteiger partial charge in [0.2, 0.25) is 0 Å². The van der Waals surface area contributed by atoms with E-state index in [0.717, 1.165) is 89.6 Å². The first-order valence-electron chi connectivity index (χ1n) is 16.8. The van der Waals surface area contributed by atoms with E-state index in [1.165, 1.54) is 0 Å². The number of allylic oxidation sites excluding steroid dienone is 1. The molecule has 9 nitrogen and oxygen atoms in total. The van der Waals surface area contributed by atoms with Crippen molar-refractivity contribution in [2.45, 2.75) is 60.0 Å². The fraction of sp³-hybridized carbons (Fsp3) is 0.462. The number of nitriles is 1. The highest BCUT2D eigenvalue weighted by Crippen LogP contribution is 2.38. The summed E-state index contributed by atoms with van der Waals surface area (Å²) in [6.07, 6.45) is 5.48. The number of carbonyl (C=O) groups excluding carboxylic acids is 1. The van der Waals surface area contributed by atoms with Crippen LogP contribution in [0.5, 0.6) is 11.5 Å². The Morgan fingerprint density at radius 3 is 2.27 bits per heavy atom. The molecule has 2 saturated heterocycles. The molecular formula is C39H49N5O4. The molecule has 5 rings (SSSR count). The highest BCUT2D eigenvalue weighted by atomic mass is 16.5. The number of rotatable bonds is 8. The number of aromatic nitrogens is 1. The van der Waals surface area contributed by atoms with Crippen molar-refractivity contribution in [2.75, 3.05) is 51.8 Å². The van der Waals surface area contributed by atoms with Crippen molar-refractivity contribution in [1.82, 2.24) is 14.4 Å². The molecule has 2 aromatic carbocycles. The Balaban J connectivity index is 1.30. The quantitative estimate of drug-likeness (QED) is 0.213. The molecule has 1 atom stereocenters. The van der Waals surface area contributed by atoms with E-state index in [0.29, 0.717) is 13.1 Å². The summed E-state index contributed by atoms with van der Waals surface area (Å²) in [5.41, 5.74) is 6.86. The summed E-state index contributed by atoms with van der Waals surface area (Å²) in [6, 6.07) is 14.8. The third-order valence-corrected chi connectivity index (χ3v) is 9.67. The first-order valence-corrected chi connectivity index (χ1v) is 16.8. The SMILES string of the molecule is COc1cc(-c2cn(C)c(=O)c(C)c2C)cc(OC)c1CN1CCN(c2cccc(C3CCCN3C(=O)C(C#N)=CC(C)(C)C)c2)CC1. The van der Waals surface area contributed by atoms with Crippen LogP contribution in [0.1, 0.15) is 61.9 Å². The van der Waals surface area contributed by atoms with Crippen molar-refractivity contribution >= 4 is 11.6 Å². The van der Waals surface area contributed by atoms with Crippen LogP contribution in [-0.4, -0.2) is 67.2 Å². The summed E-state index contributed by atoms with van der Waals surface area (Å²) in [5, 5.41) is 9.76. The molecule has 0 bridgehead atoms. The van der Waals surface area contributed by atoms with Crippen molar-refractivity contribution in [1.29, 1.82) is 5.26 Å². The Hall–Kier alpha value is -4.55. The Morgan fingerprint density at radius 2 is 1.67 bits per heavy atom. The van der Waals surface area contributed by atoms with Gasteiger partial charge in [0.15, 0.2) is 0 Å². The van der Waals surface area contributed by atoms with E-state index in [1.54, 1.807) is 31.9 Å². The number of hydrogen-bond donors (Lipinski definition) is 0. The van der Waals surface area contributed by atoms with E-state index < -0.39 is 0 Å². The van der Waals surface area contributed by atoms with Crippen LogP contribution in [0.4, 0.5) is 5.69 Å². The van der Waals surface area contributed by atoms with Gasteiger partial charge in [0.1, 0.15) is 23.1 Å². The number of amides is 1. The highest BCUT2D eigenvalue weighted by Gasteiger charge is 2.33. The van der Waals surface area contributed by atoms with Crippen molar-refractivity contribution in [3.8, 4) is 28.7 Å². The maximum Gasteiger partial charge on any atom is 0.264 e. The number of pyridine rings is 1. The Morgan fingerprint density at radius 1 is 1.00 bits per heavy atom. The third-order valence-electron chi connectivity index (χ3n) is 9.67. The molecule has 0 radical (unpaired) electrons. The second kappa shape index (κ2) is 14.3. The molecule has 3 aromatic rings. The molecule has 2 fully saturated rings. The Labute approximate surface area is 285 Å². The smallest absolute Gasteiger partial charge is 0.264 e. The van der Waals surface area contributed by atoms with Crippen LogP contribution >= 0.6 is 0 Å². The number of nitrogens with zero attached hydrogens (tertiary/aromatic N) is 5. The zero-order chi connectivity index (χ0) is 34.7. The van der Waals surface area contributed by atoms with E-state index in [2.05, 4.69) is 40.1 Å². The van der Waals surface area contributed by atoms with E-state index >= 15 is 0 Å². The van der Waals surface area contributed by atoms with Crippen LogP contribution in [0.15, 0.2) is 59.0 Å². The fourth-order valence-corrected chi connectivity index (χ4v) is 6.96. The van der Waals surface area contributed by atoms with Crippen molar-refractivity contribution in [2.24, 2.45) is 12.5 Å². The fourth-order valence-electron chi connectivity index (χ4n) is 6.96. The number of carbonyl (C=O) groups is 1. The van der Waals surface area contributed by atoms with Gasteiger partial charge in [0.05, 0.1) is 25.8 Å². The van der Waals surface area contributed by atoms with Crippen LogP contribution in [0.2, 0.25) is 0 Å². The summed E-state index contributed by atoms with van der Waals surface area (Å²) in [5.74, 6) is 1.35. The lowest BCUT2D eigenvalue weighted by molar-refractivity contribution is -0.127. The van der Waals surface area contributed by atoms with Gasteiger partial charge in [0, 0.05) is 69.3 Å². The molecule has 2 aliphatic rings. The molecule has 0 N–H and O–H groups in total. The number of benzene rings is 2. The molecule has 9 heteroatoms. The Kier molecular flexibility index (Phi) is 10.4. The number of piperazine rings is 1. The van der Waals surface area contributed by atoms with Gasteiger partial charge in [-0.05, 0) is 73.1 Å². The number of hydrogen-bond acceptors (Lipinski definition) is 7. The van der Waals surface area contributed by atoms with Gasteiger partial charge >= 0.3 is 0 Å². The van der Waals surface area contributed by atoms with Crippen molar-refractivity contribution in [3.05, 3.63) is 86.9 Å². The minimum atomic E-state index is -0.250. The van der Waals surface area contributed by atoms with Gasteiger partial charge in [-0.1, -0.05) is 39.0 Å². The first-order chi connectivity index (χ1) is 22.8. The molecule has 1 aromatic heterocycles. The molecular weight excluding hydrogens is 602 g/mol. The summed E-state index contributed by atoms with van der Waals surface area (Å²) >= 11 is 0. The standard InChI is InChI=1S/C39H49N5O4/c1-26-27(2)37(45)41(6)24-32(26)29-20-35(47-7)33(36(21-29)48-8)25-42-15-17-43(18-16-42)31-12-9-11-28(19-31)34-13-10-14-44(34)38(46)30(23-40)22-39(3,4)5/h9,11-12,19-22,24,34H,10,13-18,25H2,1-8H3. The summed E-state index contributed by atoms with van der Waals surface area (Å²) in [7, 11) is 5.15. The molecule has 48 heavy (non-hydrogen) atoms. The van der Waals surface area contributed by atoms with E-state index in [1.807, 2.05) is 57.8 Å². The zero-order valence-electron chi connectivity index (χ0n) is 29.7. The Bertz CT molecular complexity index is 1780. The lowest BCUT2D eigenvalue weighted by Gasteiger charge is -2.37. The zero-order valence-corrected chi connectivity index (χ0v) is 29.7. The molecule has 0 aliphatic carbocycles.